The van der Waals surface area contributed by atoms with E-state index in [0.29, 0.717) is 19.4 Å². The highest BCUT2D eigenvalue weighted by atomic mass is 32.2. The van der Waals surface area contributed by atoms with Crippen molar-refractivity contribution in [3.05, 3.63) is 66.0 Å². The standard InChI is InChI=1S/C20H22FN3O4S/c21-18-11-5-4-7-15(18)13-22-19(25)20(26)23-14-16-8-6-12-24(16)29(27,28)17-9-2-1-3-10-17/h1-5,7,9-11,16H,6,8,12-14H2,(H,22,25)(H,23,26)/t16-/m0/s1. The summed E-state index contributed by atoms with van der Waals surface area (Å²) >= 11 is 0. The monoisotopic (exact) mass is 419 g/mol. The molecule has 1 saturated heterocycles. The first-order valence-electron chi connectivity index (χ1n) is 9.26. The first-order valence-corrected chi connectivity index (χ1v) is 10.7. The maximum Gasteiger partial charge on any atom is 0.309 e. The maximum atomic E-state index is 13.6. The normalized spacial score (nSPS) is 17.1. The second-order valence-corrected chi connectivity index (χ2v) is 8.60. The number of amides is 2. The molecule has 0 saturated carbocycles. The van der Waals surface area contributed by atoms with Crippen LogP contribution in [0.4, 0.5) is 4.39 Å². The van der Waals surface area contributed by atoms with Crippen LogP contribution in [0.1, 0.15) is 18.4 Å². The molecule has 0 aromatic heterocycles. The molecule has 1 heterocycles. The summed E-state index contributed by atoms with van der Waals surface area (Å²) in [6, 6.07) is 13.6. The van der Waals surface area contributed by atoms with Gasteiger partial charge in [-0.05, 0) is 31.0 Å². The molecular formula is C20H22FN3O4S. The molecule has 0 spiro atoms. The first-order chi connectivity index (χ1) is 13.9. The molecule has 29 heavy (non-hydrogen) atoms. The quantitative estimate of drug-likeness (QED) is 0.692. The minimum atomic E-state index is -3.67. The number of hydrogen-bond acceptors (Lipinski definition) is 4. The van der Waals surface area contributed by atoms with Crippen molar-refractivity contribution in [3.8, 4) is 0 Å². The van der Waals surface area contributed by atoms with Gasteiger partial charge in [0.15, 0.2) is 0 Å². The van der Waals surface area contributed by atoms with Crippen molar-refractivity contribution in [2.45, 2.75) is 30.3 Å². The van der Waals surface area contributed by atoms with Gasteiger partial charge < -0.3 is 10.6 Å². The molecule has 154 valence electrons. The second kappa shape index (κ2) is 9.15. The number of nitrogens with one attached hydrogen (secondary N) is 2. The van der Waals surface area contributed by atoms with Crippen LogP contribution in [0.3, 0.4) is 0 Å². The third-order valence-electron chi connectivity index (χ3n) is 4.77. The summed E-state index contributed by atoms with van der Waals surface area (Å²) in [5.74, 6) is -2.25. The summed E-state index contributed by atoms with van der Waals surface area (Å²) in [6.45, 7) is 0.270. The van der Waals surface area contributed by atoms with Crippen LogP contribution in [0.15, 0.2) is 59.5 Å². The molecule has 2 aromatic carbocycles. The number of sulfonamides is 1. The lowest BCUT2D eigenvalue weighted by Gasteiger charge is -2.24. The molecule has 1 fully saturated rings. The number of nitrogens with zero attached hydrogens (tertiary/aromatic N) is 1. The van der Waals surface area contributed by atoms with Crippen LogP contribution in [0.25, 0.3) is 0 Å². The Kier molecular flexibility index (Phi) is 6.60. The lowest BCUT2D eigenvalue weighted by atomic mass is 10.2. The zero-order valence-corrected chi connectivity index (χ0v) is 16.5. The summed E-state index contributed by atoms with van der Waals surface area (Å²) in [6.07, 6.45) is 1.26. The van der Waals surface area contributed by atoms with Crippen LogP contribution in [-0.4, -0.2) is 43.7 Å². The molecule has 1 aliphatic rings. The Morgan fingerprint density at radius 1 is 1.00 bits per heavy atom. The Balaban J connectivity index is 1.55. The summed E-state index contributed by atoms with van der Waals surface area (Å²) in [7, 11) is -3.67. The van der Waals surface area contributed by atoms with Gasteiger partial charge in [0.25, 0.3) is 0 Å². The van der Waals surface area contributed by atoms with E-state index in [9.17, 15) is 22.4 Å². The third-order valence-corrected chi connectivity index (χ3v) is 6.74. The van der Waals surface area contributed by atoms with E-state index < -0.39 is 33.7 Å². The summed E-state index contributed by atoms with van der Waals surface area (Å²) < 4.78 is 40.6. The number of carbonyl (C=O) groups excluding carboxylic acids is 2. The zero-order valence-electron chi connectivity index (χ0n) is 15.7. The number of hydrogen-bond donors (Lipinski definition) is 2. The van der Waals surface area contributed by atoms with Gasteiger partial charge in [-0.3, -0.25) is 9.59 Å². The van der Waals surface area contributed by atoms with Gasteiger partial charge in [0, 0.05) is 31.2 Å². The number of rotatable bonds is 6. The van der Waals surface area contributed by atoms with Gasteiger partial charge in [0.2, 0.25) is 10.0 Å². The Hall–Kier alpha value is -2.78. The van der Waals surface area contributed by atoms with Crippen molar-refractivity contribution >= 4 is 21.8 Å². The van der Waals surface area contributed by atoms with E-state index >= 15 is 0 Å². The van der Waals surface area contributed by atoms with Gasteiger partial charge >= 0.3 is 11.8 Å². The van der Waals surface area contributed by atoms with Crippen LogP contribution in [0.2, 0.25) is 0 Å². The average Bonchev–Trinajstić information content (AvgIpc) is 3.21. The molecule has 1 atom stereocenters. The van der Waals surface area contributed by atoms with Gasteiger partial charge in [0.05, 0.1) is 4.90 Å². The smallest absolute Gasteiger partial charge is 0.309 e. The summed E-state index contributed by atoms with van der Waals surface area (Å²) in [5.41, 5.74) is 0.268. The molecule has 2 aromatic rings. The third kappa shape index (κ3) is 4.99. The van der Waals surface area contributed by atoms with Crippen LogP contribution in [0.5, 0.6) is 0 Å². The Morgan fingerprint density at radius 3 is 2.38 bits per heavy atom. The molecule has 0 unspecified atom stereocenters. The van der Waals surface area contributed by atoms with E-state index in [1.807, 2.05) is 0 Å². The van der Waals surface area contributed by atoms with Crippen molar-refractivity contribution in [2.24, 2.45) is 0 Å². The SMILES string of the molecule is O=C(NCc1ccccc1F)C(=O)NC[C@@H]1CCCN1S(=O)(=O)c1ccccc1. The summed E-state index contributed by atoms with van der Waals surface area (Å²) in [4.78, 5) is 24.2. The lowest BCUT2D eigenvalue weighted by Crippen LogP contribution is -2.46. The van der Waals surface area contributed by atoms with Crippen LogP contribution >= 0.6 is 0 Å². The molecule has 3 rings (SSSR count). The summed E-state index contributed by atoms with van der Waals surface area (Å²) in [5, 5.41) is 4.84. The minimum absolute atomic E-state index is 0.0258. The molecule has 0 bridgehead atoms. The number of benzene rings is 2. The van der Waals surface area contributed by atoms with Crippen molar-refractivity contribution < 1.29 is 22.4 Å². The first kappa shape index (κ1) is 20.9. The van der Waals surface area contributed by atoms with Crippen LogP contribution in [0, 0.1) is 5.82 Å². The van der Waals surface area contributed by atoms with Crippen LogP contribution < -0.4 is 10.6 Å². The van der Waals surface area contributed by atoms with Crippen molar-refractivity contribution in [1.82, 2.24) is 14.9 Å². The number of carbonyl (C=O) groups is 2. The Bertz CT molecular complexity index is 982. The van der Waals surface area contributed by atoms with E-state index in [-0.39, 0.29) is 23.5 Å². The highest BCUT2D eigenvalue weighted by Gasteiger charge is 2.35. The van der Waals surface area contributed by atoms with Gasteiger partial charge in [-0.1, -0.05) is 36.4 Å². The van der Waals surface area contributed by atoms with E-state index in [0.717, 1.165) is 0 Å². The van der Waals surface area contributed by atoms with Gasteiger partial charge in [-0.25, -0.2) is 12.8 Å². The molecule has 0 radical (unpaired) electrons. The lowest BCUT2D eigenvalue weighted by molar-refractivity contribution is -0.139. The molecular weight excluding hydrogens is 397 g/mol. The minimum Gasteiger partial charge on any atom is -0.346 e. The predicted molar refractivity (Wildman–Crippen MR) is 105 cm³/mol. The van der Waals surface area contributed by atoms with Gasteiger partial charge in [0.1, 0.15) is 5.82 Å². The predicted octanol–water partition coefficient (Wildman–Crippen LogP) is 1.41. The topological polar surface area (TPSA) is 95.6 Å². The molecule has 1 aliphatic heterocycles. The van der Waals surface area contributed by atoms with Crippen molar-refractivity contribution in [3.63, 3.8) is 0 Å². The molecule has 7 nitrogen and oxygen atoms in total. The molecule has 2 N–H and O–H groups in total. The average molecular weight is 419 g/mol. The second-order valence-electron chi connectivity index (χ2n) is 6.71. The highest BCUT2D eigenvalue weighted by Crippen LogP contribution is 2.25. The highest BCUT2D eigenvalue weighted by molar-refractivity contribution is 7.89. The fourth-order valence-electron chi connectivity index (χ4n) is 3.25. The van der Waals surface area contributed by atoms with E-state index in [1.165, 1.54) is 34.6 Å². The van der Waals surface area contributed by atoms with E-state index in [2.05, 4.69) is 10.6 Å². The largest absolute Gasteiger partial charge is 0.346 e. The van der Waals surface area contributed by atoms with Gasteiger partial charge in [-0.2, -0.15) is 4.31 Å². The van der Waals surface area contributed by atoms with Crippen LogP contribution in [-0.2, 0) is 26.2 Å². The van der Waals surface area contributed by atoms with Gasteiger partial charge in [-0.15, -0.1) is 0 Å². The molecule has 9 heteroatoms. The van der Waals surface area contributed by atoms with Crippen molar-refractivity contribution in [1.29, 1.82) is 0 Å². The number of halogens is 1. The van der Waals surface area contributed by atoms with Crippen molar-refractivity contribution in [2.75, 3.05) is 13.1 Å². The molecule has 0 aliphatic carbocycles. The van der Waals surface area contributed by atoms with E-state index in [1.54, 1.807) is 24.3 Å². The maximum absolute atomic E-state index is 13.6. The zero-order chi connectivity index (χ0) is 20.9. The fourth-order valence-corrected chi connectivity index (χ4v) is 4.96. The van der Waals surface area contributed by atoms with E-state index in [4.69, 9.17) is 0 Å². The Labute approximate surface area is 169 Å². The molecule has 2 amide bonds. The Morgan fingerprint density at radius 2 is 1.66 bits per heavy atom. The fraction of sp³-hybridized carbons (Fsp3) is 0.300.